The second kappa shape index (κ2) is 12.5. The van der Waals surface area contributed by atoms with Gasteiger partial charge in [-0.05, 0) is 0 Å². The Labute approximate surface area is 92.3 Å². The molecule has 0 spiro atoms. The summed E-state index contributed by atoms with van der Waals surface area (Å²) < 4.78 is 8.88. The van der Waals surface area contributed by atoms with Crippen LogP contribution in [-0.2, 0) is 4.57 Å². The zero-order valence-electron chi connectivity index (χ0n) is 3.20. The van der Waals surface area contributed by atoms with E-state index in [-0.39, 0.29) is 66.1 Å². The van der Waals surface area contributed by atoms with Crippen LogP contribution in [0.5, 0.6) is 0 Å². The Bertz CT molecular complexity index is 59.2. The average Bonchev–Trinajstić information content (AvgIpc) is 0.722. The van der Waals surface area contributed by atoms with E-state index >= 15 is 0 Å². The minimum atomic E-state index is -4.64. The Morgan fingerprint density at radius 3 is 1.00 bits per heavy atom. The zero-order valence-corrected chi connectivity index (χ0v) is 4.09. The first-order valence-corrected chi connectivity index (χ1v) is 2.35. The zero-order chi connectivity index (χ0) is 4.50. The third-order valence-electron chi connectivity index (χ3n) is 0. The van der Waals surface area contributed by atoms with Crippen molar-refractivity contribution < 1.29 is 30.2 Å². The van der Waals surface area contributed by atoms with Crippen LogP contribution in [0.2, 0.25) is 0 Å². The fourth-order valence-corrected chi connectivity index (χ4v) is 0. The van der Waals surface area contributed by atoms with Crippen LogP contribution in [0.1, 0.15) is 0 Å². The van der Waals surface area contributed by atoms with Gasteiger partial charge in [-0.2, -0.15) is 0 Å². The van der Waals surface area contributed by atoms with Crippen molar-refractivity contribution in [2.45, 2.75) is 0 Å². The Morgan fingerprint density at radius 1 is 1.00 bits per heavy atom. The molecule has 0 saturated heterocycles. The van der Waals surface area contributed by atoms with E-state index in [9.17, 15) is 0 Å². The van der Waals surface area contributed by atoms with Gasteiger partial charge in [-0.25, -0.2) is 4.57 Å². The Morgan fingerprint density at radius 2 is 1.00 bits per heavy atom. The monoisotopic (exact) mass is 206 g/mol. The van der Waals surface area contributed by atoms with Crippen LogP contribution in [0, 0.1) is 0 Å². The predicted octanol–water partition coefficient (Wildman–Crippen LogP) is -4.68. The number of hydrogen-bond donors (Lipinski definition) is 3. The van der Waals surface area contributed by atoms with E-state index in [2.05, 4.69) is 0 Å². The van der Waals surface area contributed by atoms with Crippen molar-refractivity contribution >= 4 is 62.9 Å². The molecule has 0 aromatic rings. The second-order valence-corrected chi connectivity index (χ2v) is 1.54. The minimum absolute atomic E-state index is 0. The molecule has 0 atom stereocenters. The summed E-state index contributed by atoms with van der Waals surface area (Å²) >= 11 is 0. The average molecular weight is 206 g/mol. The summed E-state index contributed by atoms with van der Waals surface area (Å²) in [7, 11) is -4.64. The van der Waals surface area contributed by atoms with Crippen LogP contribution in [0.3, 0.4) is 0 Å². The molecule has 0 aliphatic carbocycles. The summed E-state index contributed by atoms with van der Waals surface area (Å²) in [5, 5.41) is 0. The molecule has 0 aliphatic rings. The van der Waals surface area contributed by atoms with Gasteiger partial charge in [0, 0.05) is 0 Å². The molecule has 58 valence electrons. The summed E-state index contributed by atoms with van der Waals surface area (Å²) in [5.74, 6) is 0. The SMILES string of the molecule is O.O.O=P(O)(O)O.[AlH3].[CaH2]. The maximum atomic E-state index is 8.88. The van der Waals surface area contributed by atoms with Crippen LogP contribution < -0.4 is 0 Å². The first kappa shape index (κ1) is 30.8. The summed E-state index contributed by atoms with van der Waals surface area (Å²) in [4.78, 5) is 21.6. The molecule has 0 aromatic carbocycles. The quantitative estimate of drug-likeness (QED) is 0.270. The van der Waals surface area contributed by atoms with Crippen LogP contribution in [0.4, 0.5) is 0 Å². The molecule has 0 saturated carbocycles. The van der Waals surface area contributed by atoms with Gasteiger partial charge in [0.15, 0.2) is 17.4 Å². The van der Waals surface area contributed by atoms with Crippen molar-refractivity contribution in [2.75, 3.05) is 0 Å². The van der Waals surface area contributed by atoms with Crippen LogP contribution in [0.25, 0.3) is 0 Å². The van der Waals surface area contributed by atoms with Gasteiger partial charge in [0.2, 0.25) is 0 Å². The van der Waals surface area contributed by atoms with E-state index in [0.717, 1.165) is 0 Å². The van der Waals surface area contributed by atoms with Crippen molar-refractivity contribution in [1.82, 2.24) is 0 Å². The third kappa shape index (κ3) is 181. The molecule has 0 rings (SSSR count). The van der Waals surface area contributed by atoms with Crippen LogP contribution in [-0.4, -0.2) is 80.7 Å². The van der Waals surface area contributed by atoms with Gasteiger partial charge >= 0.3 is 45.6 Å². The Balaban J connectivity index is -0.0000000133. The van der Waals surface area contributed by atoms with Gasteiger partial charge in [-0.3, -0.25) is 0 Å². The van der Waals surface area contributed by atoms with Gasteiger partial charge in [0.05, 0.1) is 0 Å². The van der Waals surface area contributed by atoms with Gasteiger partial charge < -0.3 is 25.6 Å². The molecule has 0 amide bonds. The summed E-state index contributed by atoms with van der Waals surface area (Å²) in [6.07, 6.45) is 0. The molecule has 0 aliphatic heterocycles. The molecule has 0 fully saturated rings. The van der Waals surface area contributed by atoms with Crippen molar-refractivity contribution in [1.29, 1.82) is 0 Å². The first-order chi connectivity index (χ1) is 2.00. The molecular formula is H12AlCaO6P. The van der Waals surface area contributed by atoms with E-state index < -0.39 is 7.82 Å². The molecular weight excluding hydrogens is 194 g/mol. The Kier molecular flexibility index (Phi) is 42.8. The van der Waals surface area contributed by atoms with E-state index in [0.29, 0.717) is 0 Å². The van der Waals surface area contributed by atoms with Gasteiger partial charge in [0.1, 0.15) is 0 Å². The topological polar surface area (TPSA) is 141 Å². The second-order valence-electron chi connectivity index (χ2n) is 0.513. The number of phosphoric acid groups is 1. The third-order valence-corrected chi connectivity index (χ3v) is 0. The summed E-state index contributed by atoms with van der Waals surface area (Å²) in [6, 6.07) is 0. The fraction of sp³-hybridized carbons (Fsp3) is 0. The van der Waals surface area contributed by atoms with Crippen molar-refractivity contribution in [3.63, 3.8) is 0 Å². The van der Waals surface area contributed by atoms with Crippen LogP contribution >= 0.6 is 7.82 Å². The molecule has 0 aromatic heterocycles. The van der Waals surface area contributed by atoms with Crippen molar-refractivity contribution in [2.24, 2.45) is 0 Å². The standard InChI is InChI=1S/Al.Ca.H3O4P.2H2O.5H/c;;1-5(2,3)4;;;;;;;/h;;(H3,1,2,3,4);2*1H2;;;;;. The molecule has 9 heteroatoms. The summed E-state index contributed by atoms with van der Waals surface area (Å²) in [6.45, 7) is 0. The van der Waals surface area contributed by atoms with Gasteiger partial charge in [-0.1, -0.05) is 0 Å². The predicted molar refractivity (Wildman–Crippen MR) is 40.0 cm³/mol. The van der Waals surface area contributed by atoms with Crippen LogP contribution in [0.15, 0.2) is 0 Å². The normalized spacial score (nSPS) is 6.56. The van der Waals surface area contributed by atoms with E-state index in [1.54, 1.807) is 0 Å². The first-order valence-electron chi connectivity index (χ1n) is 0.783. The fourth-order valence-electron chi connectivity index (χ4n) is 0. The van der Waals surface area contributed by atoms with Gasteiger partial charge in [0.25, 0.3) is 0 Å². The molecule has 7 N–H and O–H groups in total. The Hall–Kier alpha value is 1.82. The molecule has 0 radical (unpaired) electrons. The molecule has 6 nitrogen and oxygen atoms in total. The number of rotatable bonds is 0. The van der Waals surface area contributed by atoms with Crippen molar-refractivity contribution in [3.8, 4) is 0 Å². The molecule has 0 heterocycles. The van der Waals surface area contributed by atoms with E-state index in [4.69, 9.17) is 19.2 Å². The van der Waals surface area contributed by atoms with E-state index in [1.807, 2.05) is 0 Å². The summed E-state index contributed by atoms with van der Waals surface area (Å²) in [5.41, 5.74) is 0. The maximum absolute atomic E-state index is 8.88. The molecule has 0 unspecified atom stereocenters. The van der Waals surface area contributed by atoms with Crippen molar-refractivity contribution in [3.05, 3.63) is 0 Å². The molecule has 0 bridgehead atoms. The van der Waals surface area contributed by atoms with E-state index in [1.165, 1.54) is 0 Å². The van der Waals surface area contributed by atoms with Gasteiger partial charge in [-0.15, -0.1) is 0 Å². The number of hydrogen-bond acceptors (Lipinski definition) is 1. The molecule has 9 heavy (non-hydrogen) atoms.